The third-order valence-electron chi connectivity index (χ3n) is 6.80. The number of hydrogen-bond acceptors (Lipinski definition) is 3. The van der Waals surface area contributed by atoms with E-state index in [2.05, 4.69) is 10.1 Å². The number of halogens is 3. The lowest BCUT2D eigenvalue weighted by Gasteiger charge is -2.47. The Morgan fingerprint density at radius 3 is 2.48 bits per heavy atom. The summed E-state index contributed by atoms with van der Waals surface area (Å²) in [6.07, 6.45) is -0.575. The minimum Gasteiger partial charge on any atom is -0.406 e. The maximum Gasteiger partial charge on any atom is 0.573 e. The molecule has 0 unspecified atom stereocenters. The first-order valence-electron chi connectivity index (χ1n) is 10.0. The van der Waals surface area contributed by atoms with E-state index < -0.39 is 6.36 Å². The van der Waals surface area contributed by atoms with E-state index in [4.69, 9.17) is 0 Å². The normalized spacial score (nSPS) is 28.8. The summed E-state index contributed by atoms with van der Waals surface area (Å²) >= 11 is 0. The molecule has 2 aliphatic heterocycles. The lowest BCUT2D eigenvalue weighted by atomic mass is 9.66. The molecule has 3 fully saturated rings. The van der Waals surface area contributed by atoms with Crippen molar-refractivity contribution in [3.63, 3.8) is 0 Å². The summed E-state index contributed by atoms with van der Waals surface area (Å²) in [5.41, 5.74) is 0.324. The van der Waals surface area contributed by atoms with Crippen LogP contribution in [0.2, 0.25) is 0 Å². The van der Waals surface area contributed by atoms with Crippen LogP contribution in [-0.2, 0) is 15.0 Å². The van der Waals surface area contributed by atoms with E-state index in [9.17, 15) is 22.8 Å². The Kier molecular flexibility index (Phi) is 4.78. The Labute approximate surface area is 167 Å². The lowest BCUT2D eigenvalue weighted by molar-refractivity contribution is -0.274. The monoisotopic (exact) mass is 410 g/mol. The fraction of sp³-hybridized carbons (Fsp3) is 0.619. The second-order valence-electron chi connectivity index (χ2n) is 8.90. The summed E-state index contributed by atoms with van der Waals surface area (Å²) in [5, 5.41) is 3.01. The Morgan fingerprint density at radius 1 is 1.21 bits per heavy atom. The average molecular weight is 410 g/mol. The Morgan fingerprint density at radius 2 is 1.90 bits per heavy atom. The number of amides is 2. The van der Waals surface area contributed by atoms with Crippen molar-refractivity contribution in [3.05, 3.63) is 29.8 Å². The van der Waals surface area contributed by atoms with Crippen molar-refractivity contribution in [2.45, 2.75) is 62.8 Å². The molecule has 0 radical (unpaired) electrons. The van der Waals surface area contributed by atoms with E-state index in [0.29, 0.717) is 45.2 Å². The summed E-state index contributed by atoms with van der Waals surface area (Å²) < 4.78 is 41.6. The van der Waals surface area contributed by atoms with Gasteiger partial charge in [-0.15, -0.1) is 13.2 Å². The van der Waals surface area contributed by atoms with Crippen molar-refractivity contribution in [3.8, 4) is 5.75 Å². The number of alkyl halides is 3. The molecule has 1 aromatic carbocycles. The lowest BCUT2D eigenvalue weighted by Crippen LogP contribution is -2.57. The highest BCUT2D eigenvalue weighted by Gasteiger charge is 2.52. The highest BCUT2D eigenvalue weighted by atomic mass is 19.4. The molecule has 2 amide bonds. The molecule has 1 aliphatic carbocycles. The zero-order chi connectivity index (χ0) is 20.9. The predicted octanol–water partition coefficient (Wildman–Crippen LogP) is 3.52. The van der Waals surface area contributed by atoms with Crippen molar-refractivity contribution in [1.29, 1.82) is 0 Å². The van der Waals surface area contributed by atoms with Gasteiger partial charge in [-0.05, 0) is 55.2 Å². The van der Waals surface area contributed by atoms with Crippen LogP contribution >= 0.6 is 0 Å². The number of carbonyl (C=O) groups is 2. The molecule has 0 atom stereocenters. The molecule has 1 N–H and O–H groups in total. The first-order chi connectivity index (χ1) is 13.6. The Balaban J connectivity index is 1.35. The number of benzene rings is 1. The number of nitrogens with one attached hydrogen (secondary N) is 1. The van der Waals surface area contributed by atoms with Crippen LogP contribution in [0.3, 0.4) is 0 Å². The highest BCUT2D eigenvalue weighted by Crippen LogP contribution is 2.45. The van der Waals surface area contributed by atoms with Gasteiger partial charge in [0.25, 0.3) is 0 Å². The summed E-state index contributed by atoms with van der Waals surface area (Å²) in [7, 11) is 0. The maximum absolute atomic E-state index is 12.8. The van der Waals surface area contributed by atoms with Gasteiger partial charge in [0.05, 0.1) is 0 Å². The van der Waals surface area contributed by atoms with Crippen molar-refractivity contribution >= 4 is 11.8 Å². The van der Waals surface area contributed by atoms with Gasteiger partial charge in [0.2, 0.25) is 11.8 Å². The molecule has 3 aliphatic rings. The third-order valence-corrected chi connectivity index (χ3v) is 6.80. The molecule has 2 heterocycles. The quantitative estimate of drug-likeness (QED) is 0.830. The van der Waals surface area contributed by atoms with Crippen LogP contribution < -0.4 is 10.1 Å². The SMILES string of the molecule is CC1(c2cccc(OC(F)(F)F)c2)CCN(C(=O)[C@H]2C[C@]3(CCC(=O)N3)C2)CC1. The van der Waals surface area contributed by atoms with Crippen LogP contribution in [0.4, 0.5) is 13.2 Å². The van der Waals surface area contributed by atoms with Gasteiger partial charge in [0.1, 0.15) is 5.75 Å². The molecule has 29 heavy (non-hydrogen) atoms. The van der Waals surface area contributed by atoms with Crippen LogP contribution in [-0.4, -0.2) is 41.7 Å². The van der Waals surface area contributed by atoms with Gasteiger partial charge in [0, 0.05) is 31.0 Å². The van der Waals surface area contributed by atoms with Gasteiger partial charge in [-0.1, -0.05) is 19.1 Å². The summed E-state index contributed by atoms with van der Waals surface area (Å²) in [4.78, 5) is 26.2. The van der Waals surface area contributed by atoms with Gasteiger partial charge in [0.15, 0.2) is 0 Å². The smallest absolute Gasteiger partial charge is 0.406 e. The van der Waals surface area contributed by atoms with E-state index >= 15 is 0 Å². The molecule has 8 heteroatoms. The second kappa shape index (κ2) is 6.92. The molecule has 158 valence electrons. The van der Waals surface area contributed by atoms with Gasteiger partial charge in [-0.25, -0.2) is 0 Å². The summed E-state index contributed by atoms with van der Waals surface area (Å²) in [6.45, 7) is 3.18. The number of likely N-dealkylation sites (tertiary alicyclic amines) is 1. The number of piperidine rings is 1. The van der Waals surface area contributed by atoms with Gasteiger partial charge in [-0.2, -0.15) is 0 Å². The summed E-state index contributed by atoms with van der Waals surface area (Å²) in [5.74, 6) is -0.0521. The van der Waals surface area contributed by atoms with Gasteiger partial charge >= 0.3 is 6.36 Å². The van der Waals surface area contributed by atoms with Gasteiger partial charge in [-0.3, -0.25) is 9.59 Å². The zero-order valence-corrected chi connectivity index (χ0v) is 16.3. The highest BCUT2D eigenvalue weighted by molar-refractivity contribution is 5.83. The molecular formula is C21H25F3N2O3. The molecule has 0 aromatic heterocycles. The summed E-state index contributed by atoms with van der Waals surface area (Å²) in [6, 6.07) is 6.14. The van der Waals surface area contributed by atoms with E-state index in [1.165, 1.54) is 12.1 Å². The predicted molar refractivity (Wildman–Crippen MR) is 99.1 cm³/mol. The number of hydrogen-bond donors (Lipinski definition) is 1. The number of rotatable bonds is 3. The molecule has 4 rings (SSSR count). The molecule has 1 aromatic rings. The largest absolute Gasteiger partial charge is 0.573 e. The van der Waals surface area contributed by atoms with Crippen molar-refractivity contribution in [1.82, 2.24) is 10.2 Å². The van der Waals surface area contributed by atoms with Gasteiger partial charge < -0.3 is 15.0 Å². The fourth-order valence-corrected chi connectivity index (χ4v) is 4.97. The van der Waals surface area contributed by atoms with E-state index in [0.717, 1.165) is 12.0 Å². The number of nitrogens with zero attached hydrogens (tertiary/aromatic N) is 1. The maximum atomic E-state index is 12.8. The van der Waals surface area contributed by atoms with E-state index in [-0.39, 0.29) is 34.4 Å². The molecule has 1 saturated carbocycles. The minimum absolute atomic E-state index is 0.0405. The molecule has 2 saturated heterocycles. The number of carbonyl (C=O) groups excluding carboxylic acids is 2. The molecule has 0 bridgehead atoms. The molecule has 1 spiro atoms. The zero-order valence-electron chi connectivity index (χ0n) is 16.3. The first-order valence-corrected chi connectivity index (χ1v) is 10.0. The average Bonchev–Trinajstić information content (AvgIpc) is 3.02. The Bertz CT molecular complexity index is 810. The number of ether oxygens (including phenoxy) is 1. The second-order valence-corrected chi connectivity index (χ2v) is 8.90. The van der Waals surface area contributed by atoms with Crippen molar-refractivity contribution in [2.75, 3.05) is 13.1 Å². The van der Waals surface area contributed by atoms with Crippen molar-refractivity contribution in [2.24, 2.45) is 5.92 Å². The molecule has 5 nitrogen and oxygen atoms in total. The Hall–Kier alpha value is -2.25. The third kappa shape index (κ3) is 4.07. The first kappa shape index (κ1) is 20.0. The van der Waals surface area contributed by atoms with Crippen LogP contribution in [0.25, 0.3) is 0 Å². The standard InChI is InChI=1S/C21H25F3N2O3/c1-19(15-3-2-4-16(11-15)29-21(22,23)24)7-9-26(10-8-19)18(28)14-12-20(13-14)6-5-17(27)25-20/h2-4,11,14H,5-10,12-13H2,1H3,(H,25,27)/t14-,20+. The fourth-order valence-electron chi connectivity index (χ4n) is 4.97. The van der Waals surface area contributed by atoms with Crippen LogP contribution in [0.15, 0.2) is 24.3 Å². The minimum atomic E-state index is -4.71. The topological polar surface area (TPSA) is 58.6 Å². The van der Waals surface area contributed by atoms with Crippen LogP contribution in [0.1, 0.15) is 51.0 Å². The molecular weight excluding hydrogens is 385 g/mol. The van der Waals surface area contributed by atoms with E-state index in [1.54, 1.807) is 6.07 Å². The van der Waals surface area contributed by atoms with Crippen molar-refractivity contribution < 1.29 is 27.5 Å². The van der Waals surface area contributed by atoms with E-state index in [1.807, 2.05) is 17.9 Å². The van der Waals surface area contributed by atoms with Crippen LogP contribution in [0, 0.1) is 5.92 Å². The van der Waals surface area contributed by atoms with Crippen LogP contribution in [0.5, 0.6) is 5.75 Å².